The van der Waals surface area contributed by atoms with Gasteiger partial charge in [-0.2, -0.15) is 0 Å². The van der Waals surface area contributed by atoms with Crippen LogP contribution in [0.4, 0.5) is 13.2 Å². The second kappa shape index (κ2) is 6.30. The summed E-state index contributed by atoms with van der Waals surface area (Å²) >= 11 is 0. The summed E-state index contributed by atoms with van der Waals surface area (Å²) in [6.45, 7) is 0. The summed E-state index contributed by atoms with van der Waals surface area (Å²) < 4.78 is 63.3. The first kappa shape index (κ1) is 17.1. The normalized spacial score (nSPS) is 11.5. The first-order chi connectivity index (χ1) is 11.8. The minimum Gasteiger partial charge on any atom is -0.256 e. The monoisotopic (exact) mass is 364 g/mol. The Morgan fingerprint density at radius 1 is 0.840 bits per heavy atom. The number of nitrogens with zero attached hydrogens (tertiary/aromatic N) is 1. The van der Waals surface area contributed by atoms with Crippen LogP contribution in [0.15, 0.2) is 59.6 Å². The average Bonchev–Trinajstić information content (AvgIpc) is 2.56. The Morgan fingerprint density at radius 2 is 1.52 bits per heavy atom. The molecule has 1 heterocycles. The van der Waals surface area contributed by atoms with Crippen LogP contribution >= 0.6 is 0 Å². The quantitative estimate of drug-likeness (QED) is 0.773. The van der Waals surface area contributed by atoms with E-state index in [-0.39, 0.29) is 11.3 Å². The van der Waals surface area contributed by atoms with E-state index in [1.54, 1.807) is 12.1 Å². The smallest absolute Gasteiger partial charge is 0.240 e. The van der Waals surface area contributed by atoms with E-state index in [0.29, 0.717) is 11.1 Å². The number of hydrogen-bond acceptors (Lipinski definition) is 3. The second-order valence-electron chi connectivity index (χ2n) is 5.22. The Balaban J connectivity index is 2.16. The largest absolute Gasteiger partial charge is 0.256 e. The summed E-state index contributed by atoms with van der Waals surface area (Å²) in [5.74, 6) is -3.04. The average molecular weight is 364 g/mol. The van der Waals surface area contributed by atoms with Crippen molar-refractivity contribution in [3.63, 3.8) is 0 Å². The molecular weight excluding hydrogens is 353 g/mol. The van der Waals surface area contributed by atoms with Crippen molar-refractivity contribution in [1.82, 2.24) is 4.98 Å². The molecule has 0 bridgehead atoms. The predicted octanol–water partition coefficient (Wildman–Crippen LogP) is 3.48. The van der Waals surface area contributed by atoms with Gasteiger partial charge < -0.3 is 0 Å². The highest BCUT2D eigenvalue weighted by Gasteiger charge is 2.17. The molecule has 4 nitrogen and oxygen atoms in total. The summed E-state index contributed by atoms with van der Waals surface area (Å²) in [5.41, 5.74) is 1.33. The predicted molar refractivity (Wildman–Crippen MR) is 86.4 cm³/mol. The molecule has 0 aliphatic carbocycles. The Bertz CT molecular complexity index is 1070. The molecule has 0 fully saturated rings. The van der Waals surface area contributed by atoms with Crippen molar-refractivity contribution in [1.29, 1.82) is 0 Å². The molecule has 0 unspecified atom stereocenters. The number of aromatic nitrogens is 1. The van der Waals surface area contributed by atoms with Crippen LogP contribution in [0.25, 0.3) is 22.4 Å². The van der Waals surface area contributed by atoms with E-state index in [1.165, 1.54) is 18.3 Å². The Morgan fingerprint density at radius 3 is 2.16 bits per heavy atom. The van der Waals surface area contributed by atoms with Gasteiger partial charge in [-0.25, -0.2) is 26.7 Å². The number of benzene rings is 2. The third-order valence-corrected chi connectivity index (χ3v) is 4.49. The molecule has 3 rings (SSSR count). The van der Waals surface area contributed by atoms with Gasteiger partial charge >= 0.3 is 0 Å². The molecule has 0 aliphatic heterocycles. The minimum atomic E-state index is -4.19. The van der Waals surface area contributed by atoms with Crippen LogP contribution in [0.1, 0.15) is 0 Å². The lowest BCUT2D eigenvalue weighted by Gasteiger charge is -2.10. The van der Waals surface area contributed by atoms with Gasteiger partial charge in [0.25, 0.3) is 0 Å². The zero-order valence-electron chi connectivity index (χ0n) is 12.6. The van der Waals surface area contributed by atoms with Crippen molar-refractivity contribution in [2.45, 2.75) is 4.90 Å². The van der Waals surface area contributed by atoms with E-state index in [4.69, 9.17) is 5.14 Å². The van der Waals surface area contributed by atoms with E-state index < -0.39 is 32.4 Å². The van der Waals surface area contributed by atoms with Crippen molar-refractivity contribution >= 4 is 10.0 Å². The first-order valence-electron chi connectivity index (χ1n) is 7.00. The molecule has 2 N–H and O–H groups in total. The summed E-state index contributed by atoms with van der Waals surface area (Å²) in [5, 5.41) is 4.94. The molecule has 0 spiro atoms. The summed E-state index contributed by atoms with van der Waals surface area (Å²) in [6.07, 6.45) is 1.45. The molecule has 128 valence electrons. The fourth-order valence-corrected chi connectivity index (χ4v) is 3.00. The summed E-state index contributed by atoms with van der Waals surface area (Å²) in [4.78, 5) is 3.51. The Hall–Kier alpha value is -2.71. The molecule has 0 saturated carbocycles. The van der Waals surface area contributed by atoms with Gasteiger partial charge in [-0.1, -0.05) is 18.2 Å². The molecule has 1 aromatic heterocycles. The van der Waals surface area contributed by atoms with Crippen LogP contribution in [-0.4, -0.2) is 13.4 Å². The van der Waals surface area contributed by atoms with E-state index in [0.717, 1.165) is 24.3 Å². The van der Waals surface area contributed by atoms with E-state index in [1.807, 2.05) is 0 Å². The number of sulfonamides is 1. The van der Waals surface area contributed by atoms with Gasteiger partial charge in [0.2, 0.25) is 10.0 Å². The summed E-state index contributed by atoms with van der Waals surface area (Å²) in [7, 11) is -4.19. The summed E-state index contributed by atoms with van der Waals surface area (Å²) in [6, 6.07) is 9.91. The third-order valence-electron chi connectivity index (χ3n) is 3.55. The van der Waals surface area contributed by atoms with Crippen molar-refractivity contribution in [2.24, 2.45) is 5.14 Å². The Labute approximate surface area is 141 Å². The van der Waals surface area contributed by atoms with Gasteiger partial charge in [0.15, 0.2) is 11.6 Å². The molecule has 0 amide bonds. The number of primary sulfonamides is 1. The van der Waals surface area contributed by atoms with Gasteiger partial charge in [0, 0.05) is 17.3 Å². The SMILES string of the molecule is NS(=O)(=O)c1ccc(-c2ncccc2-c2ccc(F)c(F)c2)cc1F. The maximum atomic E-state index is 14.1. The third kappa shape index (κ3) is 3.40. The van der Waals surface area contributed by atoms with Crippen LogP contribution in [0.2, 0.25) is 0 Å². The van der Waals surface area contributed by atoms with Gasteiger partial charge in [0.05, 0.1) is 5.69 Å². The van der Waals surface area contributed by atoms with Crippen LogP contribution in [0.3, 0.4) is 0 Å². The molecule has 8 heteroatoms. The van der Waals surface area contributed by atoms with Gasteiger partial charge in [-0.3, -0.25) is 4.98 Å². The van der Waals surface area contributed by atoms with Gasteiger partial charge in [0.1, 0.15) is 10.7 Å². The number of nitrogens with two attached hydrogens (primary N) is 1. The van der Waals surface area contributed by atoms with E-state index in [2.05, 4.69) is 4.98 Å². The molecule has 3 aromatic rings. The highest BCUT2D eigenvalue weighted by atomic mass is 32.2. The number of hydrogen-bond donors (Lipinski definition) is 1. The van der Waals surface area contributed by atoms with Crippen LogP contribution in [0, 0.1) is 17.5 Å². The van der Waals surface area contributed by atoms with E-state index >= 15 is 0 Å². The van der Waals surface area contributed by atoms with Gasteiger partial charge in [-0.15, -0.1) is 0 Å². The van der Waals surface area contributed by atoms with Gasteiger partial charge in [-0.05, 0) is 35.9 Å². The lowest BCUT2D eigenvalue weighted by Crippen LogP contribution is -2.14. The van der Waals surface area contributed by atoms with Crippen molar-refractivity contribution in [3.05, 3.63) is 72.2 Å². The zero-order valence-corrected chi connectivity index (χ0v) is 13.4. The number of pyridine rings is 1. The minimum absolute atomic E-state index is 0.269. The first-order valence-corrected chi connectivity index (χ1v) is 8.55. The highest BCUT2D eigenvalue weighted by molar-refractivity contribution is 7.89. The molecule has 0 saturated heterocycles. The lowest BCUT2D eigenvalue weighted by molar-refractivity contribution is 0.509. The van der Waals surface area contributed by atoms with E-state index in [9.17, 15) is 21.6 Å². The van der Waals surface area contributed by atoms with Crippen molar-refractivity contribution < 1.29 is 21.6 Å². The molecule has 0 aliphatic rings. The molecule has 0 atom stereocenters. The Kier molecular flexibility index (Phi) is 4.32. The molecule has 2 aromatic carbocycles. The maximum absolute atomic E-state index is 14.1. The highest BCUT2D eigenvalue weighted by Crippen LogP contribution is 2.32. The lowest BCUT2D eigenvalue weighted by atomic mass is 9.99. The zero-order chi connectivity index (χ0) is 18.2. The topological polar surface area (TPSA) is 73.1 Å². The van der Waals surface area contributed by atoms with Crippen molar-refractivity contribution in [3.8, 4) is 22.4 Å². The van der Waals surface area contributed by atoms with Crippen LogP contribution in [0.5, 0.6) is 0 Å². The molecule has 25 heavy (non-hydrogen) atoms. The second-order valence-corrected chi connectivity index (χ2v) is 6.75. The number of halogens is 3. The van der Waals surface area contributed by atoms with Crippen LogP contribution < -0.4 is 5.14 Å². The fourth-order valence-electron chi connectivity index (χ4n) is 2.41. The molecular formula is C17H11F3N2O2S. The maximum Gasteiger partial charge on any atom is 0.240 e. The fraction of sp³-hybridized carbons (Fsp3) is 0. The standard InChI is InChI=1S/C17H11F3N2O2S/c18-13-5-3-10(8-14(13)19)12-2-1-7-22-17(12)11-4-6-16(15(20)9-11)25(21,23)24/h1-9H,(H2,21,23,24). The van der Waals surface area contributed by atoms with Crippen molar-refractivity contribution in [2.75, 3.05) is 0 Å². The molecule has 0 radical (unpaired) electrons. The van der Waals surface area contributed by atoms with Crippen LogP contribution in [-0.2, 0) is 10.0 Å². The number of rotatable bonds is 3.